The van der Waals surface area contributed by atoms with Gasteiger partial charge in [-0.25, -0.2) is 5.48 Å². The Kier molecular flexibility index (Phi) is 4.95. The van der Waals surface area contributed by atoms with E-state index in [9.17, 15) is 9.59 Å². The van der Waals surface area contributed by atoms with E-state index in [1.807, 2.05) is 19.1 Å². The van der Waals surface area contributed by atoms with Crippen molar-refractivity contribution in [2.75, 3.05) is 13.2 Å². The number of benzene rings is 1. The minimum Gasteiger partial charge on any atom is -0.491 e. The number of nitrogens with zero attached hydrogens (tertiary/aromatic N) is 2. The van der Waals surface area contributed by atoms with E-state index < -0.39 is 5.91 Å². The maximum absolute atomic E-state index is 12.8. The molecule has 1 unspecified atom stereocenters. The Hall–Kier alpha value is -2.93. The number of hydroxylamine groups is 1. The van der Waals surface area contributed by atoms with E-state index in [-0.39, 0.29) is 11.8 Å². The smallest absolute Gasteiger partial charge is 0.274 e. The summed E-state index contributed by atoms with van der Waals surface area (Å²) in [5, 5.41) is 8.73. The van der Waals surface area contributed by atoms with Crippen LogP contribution in [0.25, 0.3) is 0 Å². The van der Waals surface area contributed by atoms with Crippen molar-refractivity contribution < 1.29 is 19.5 Å². The van der Waals surface area contributed by atoms with E-state index in [0.29, 0.717) is 31.0 Å². The Labute approximate surface area is 145 Å². The zero-order chi connectivity index (χ0) is 17.8. The SMILES string of the molecule is CC(C(=O)N1CCOc2cc(C(=O)NO)ccc2C1)c1cccnc1. The second-order valence-corrected chi connectivity index (χ2v) is 5.88. The summed E-state index contributed by atoms with van der Waals surface area (Å²) < 4.78 is 5.68. The highest BCUT2D eigenvalue weighted by Gasteiger charge is 2.25. The molecule has 0 saturated heterocycles. The lowest BCUT2D eigenvalue weighted by atomic mass is 10.0. The molecule has 0 spiro atoms. The fourth-order valence-electron chi connectivity index (χ4n) is 2.81. The molecule has 1 aromatic heterocycles. The maximum atomic E-state index is 12.8. The van der Waals surface area contributed by atoms with Gasteiger partial charge >= 0.3 is 0 Å². The molecule has 7 heteroatoms. The summed E-state index contributed by atoms with van der Waals surface area (Å²) in [6.07, 6.45) is 3.38. The fourth-order valence-corrected chi connectivity index (χ4v) is 2.81. The number of pyridine rings is 1. The largest absolute Gasteiger partial charge is 0.491 e. The van der Waals surface area contributed by atoms with Crippen LogP contribution in [0.2, 0.25) is 0 Å². The van der Waals surface area contributed by atoms with Crippen molar-refractivity contribution >= 4 is 11.8 Å². The standard InChI is InChI=1S/C18H19N3O4/c1-12(14-3-2-6-19-10-14)18(23)21-7-8-25-16-9-13(17(22)20-24)4-5-15(16)11-21/h2-6,9-10,12,24H,7-8,11H2,1H3,(H,20,22). The molecular formula is C18H19N3O4. The molecule has 3 rings (SSSR count). The Morgan fingerprint density at radius 3 is 2.92 bits per heavy atom. The van der Waals surface area contributed by atoms with Crippen molar-refractivity contribution in [2.24, 2.45) is 0 Å². The molecule has 7 nitrogen and oxygen atoms in total. The molecule has 0 radical (unpaired) electrons. The summed E-state index contributed by atoms with van der Waals surface area (Å²) in [6.45, 7) is 3.06. The average molecular weight is 341 g/mol. The predicted octanol–water partition coefficient (Wildman–Crippen LogP) is 1.73. The van der Waals surface area contributed by atoms with E-state index in [1.165, 1.54) is 0 Å². The van der Waals surface area contributed by atoms with Gasteiger partial charge in [0.2, 0.25) is 5.91 Å². The van der Waals surface area contributed by atoms with Gasteiger partial charge in [-0.15, -0.1) is 0 Å². The molecule has 2 heterocycles. The van der Waals surface area contributed by atoms with Crippen LogP contribution in [0.5, 0.6) is 5.75 Å². The van der Waals surface area contributed by atoms with Gasteiger partial charge in [0.1, 0.15) is 12.4 Å². The first-order valence-corrected chi connectivity index (χ1v) is 7.99. The third-order valence-corrected chi connectivity index (χ3v) is 4.28. The topological polar surface area (TPSA) is 91.8 Å². The summed E-state index contributed by atoms with van der Waals surface area (Å²) in [4.78, 5) is 30.2. The number of amides is 2. The van der Waals surface area contributed by atoms with Gasteiger partial charge in [0.15, 0.2) is 0 Å². The first-order valence-electron chi connectivity index (χ1n) is 7.99. The Morgan fingerprint density at radius 1 is 1.36 bits per heavy atom. The highest BCUT2D eigenvalue weighted by atomic mass is 16.5. The van der Waals surface area contributed by atoms with Gasteiger partial charge in [-0.05, 0) is 30.7 Å². The first-order chi connectivity index (χ1) is 12.1. The molecule has 0 aliphatic carbocycles. The van der Waals surface area contributed by atoms with Crippen LogP contribution in [-0.2, 0) is 11.3 Å². The van der Waals surface area contributed by atoms with Crippen LogP contribution < -0.4 is 10.2 Å². The van der Waals surface area contributed by atoms with Crippen LogP contribution in [0.3, 0.4) is 0 Å². The van der Waals surface area contributed by atoms with Crippen LogP contribution >= 0.6 is 0 Å². The quantitative estimate of drug-likeness (QED) is 0.655. The van der Waals surface area contributed by atoms with Crippen LogP contribution in [0.4, 0.5) is 0 Å². The molecule has 1 aliphatic heterocycles. The summed E-state index contributed by atoms with van der Waals surface area (Å²) in [7, 11) is 0. The Morgan fingerprint density at radius 2 is 2.20 bits per heavy atom. The zero-order valence-electron chi connectivity index (χ0n) is 13.8. The molecule has 2 aromatic rings. The summed E-state index contributed by atoms with van der Waals surface area (Å²) in [5.41, 5.74) is 3.58. The Balaban J connectivity index is 1.79. The number of hydrogen-bond acceptors (Lipinski definition) is 5. The predicted molar refractivity (Wildman–Crippen MR) is 89.3 cm³/mol. The lowest BCUT2D eigenvalue weighted by molar-refractivity contribution is -0.133. The number of carbonyl (C=O) groups excluding carboxylic acids is 2. The molecule has 1 aromatic carbocycles. The lowest BCUT2D eigenvalue weighted by Crippen LogP contribution is -2.35. The number of rotatable bonds is 3. The number of aromatic nitrogens is 1. The van der Waals surface area contributed by atoms with Crippen molar-refractivity contribution in [2.45, 2.75) is 19.4 Å². The minimum atomic E-state index is -0.603. The summed E-state index contributed by atoms with van der Waals surface area (Å²) >= 11 is 0. The van der Waals surface area contributed by atoms with Crippen molar-refractivity contribution in [3.05, 3.63) is 59.4 Å². The van der Waals surface area contributed by atoms with Crippen molar-refractivity contribution in [1.29, 1.82) is 0 Å². The molecule has 2 N–H and O–H groups in total. The van der Waals surface area contributed by atoms with Crippen LogP contribution in [0, 0.1) is 0 Å². The number of carbonyl (C=O) groups is 2. The van der Waals surface area contributed by atoms with Crippen molar-refractivity contribution in [3.8, 4) is 5.75 Å². The van der Waals surface area contributed by atoms with Crippen LogP contribution in [-0.4, -0.2) is 40.1 Å². The maximum Gasteiger partial charge on any atom is 0.274 e. The molecule has 1 atom stereocenters. The van der Waals surface area contributed by atoms with Gasteiger partial charge < -0.3 is 9.64 Å². The van der Waals surface area contributed by atoms with Crippen molar-refractivity contribution in [3.63, 3.8) is 0 Å². The van der Waals surface area contributed by atoms with Crippen molar-refractivity contribution in [1.82, 2.24) is 15.4 Å². The number of nitrogens with one attached hydrogen (secondary N) is 1. The zero-order valence-corrected chi connectivity index (χ0v) is 13.8. The molecule has 25 heavy (non-hydrogen) atoms. The summed E-state index contributed by atoms with van der Waals surface area (Å²) in [6, 6.07) is 8.59. The average Bonchev–Trinajstić information content (AvgIpc) is 2.88. The number of ether oxygens (including phenoxy) is 1. The van der Waals surface area contributed by atoms with E-state index in [1.54, 1.807) is 41.0 Å². The van der Waals surface area contributed by atoms with E-state index >= 15 is 0 Å². The number of fused-ring (bicyclic) bond motifs is 1. The van der Waals surface area contributed by atoms with Crippen LogP contribution in [0.15, 0.2) is 42.7 Å². The van der Waals surface area contributed by atoms with Gasteiger partial charge in [-0.2, -0.15) is 0 Å². The minimum absolute atomic E-state index is 0.00151. The monoisotopic (exact) mass is 341 g/mol. The van der Waals surface area contributed by atoms with Gasteiger partial charge in [-0.3, -0.25) is 19.8 Å². The summed E-state index contributed by atoms with van der Waals surface area (Å²) in [5.74, 6) is -0.351. The molecule has 0 fully saturated rings. The first kappa shape index (κ1) is 16.9. The third kappa shape index (κ3) is 3.61. The van der Waals surface area contributed by atoms with Gasteiger partial charge in [0.25, 0.3) is 5.91 Å². The van der Waals surface area contributed by atoms with Crippen LogP contribution in [0.1, 0.15) is 34.3 Å². The second-order valence-electron chi connectivity index (χ2n) is 5.88. The molecule has 1 aliphatic rings. The molecule has 0 saturated carbocycles. The third-order valence-electron chi connectivity index (χ3n) is 4.28. The molecule has 0 bridgehead atoms. The second kappa shape index (κ2) is 7.31. The van der Waals surface area contributed by atoms with Gasteiger partial charge in [0.05, 0.1) is 12.5 Å². The molecule has 2 amide bonds. The fraction of sp³-hybridized carbons (Fsp3) is 0.278. The Bertz CT molecular complexity index is 779. The number of hydrogen-bond donors (Lipinski definition) is 2. The van der Waals surface area contributed by atoms with Gasteiger partial charge in [0, 0.05) is 30.1 Å². The normalized spacial score (nSPS) is 14.7. The highest BCUT2D eigenvalue weighted by Crippen LogP contribution is 2.26. The molecule has 130 valence electrons. The van der Waals surface area contributed by atoms with E-state index in [2.05, 4.69) is 4.98 Å². The highest BCUT2D eigenvalue weighted by molar-refractivity contribution is 5.93. The van der Waals surface area contributed by atoms with E-state index in [0.717, 1.165) is 11.1 Å². The van der Waals surface area contributed by atoms with Gasteiger partial charge in [-0.1, -0.05) is 12.1 Å². The lowest BCUT2D eigenvalue weighted by Gasteiger charge is -2.23. The van der Waals surface area contributed by atoms with E-state index in [4.69, 9.17) is 9.94 Å². The molecular weight excluding hydrogens is 322 g/mol.